The van der Waals surface area contributed by atoms with Crippen LogP contribution < -0.4 is 10.1 Å². The average Bonchev–Trinajstić information content (AvgIpc) is 2.66. The van der Waals surface area contributed by atoms with Gasteiger partial charge in [-0.15, -0.1) is 0 Å². The van der Waals surface area contributed by atoms with Gasteiger partial charge in [0.05, 0.1) is 7.11 Å². The zero-order valence-electron chi connectivity index (χ0n) is 16.0. The Morgan fingerprint density at radius 2 is 2.00 bits per heavy atom. The minimum absolute atomic E-state index is 0.0205. The highest BCUT2D eigenvalue weighted by molar-refractivity contribution is 6.06. The van der Waals surface area contributed by atoms with Crippen molar-refractivity contribution in [3.8, 4) is 5.75 Å². The van der Waals surface area contributed by atoms with E-state index in [9.17, 15) is 4.79 Å². The van der Waals surface area contributed by atoms with E-state index in [1.807, 2.05) is 36.4 Å². The number of hydrogen-bond donors (Lipinski definition) is 1. The van der Waals surface area contributed by atoms with Crippen molar-refractivity contribution in [1.29, 1.82) is 0 Å². The summed E-state index contributed by atoms with van der Waals surface area (Å²) >= 11 is 0. The highest BCUT2D eigenvalue weighted by Crippen LogP contribution is 2.38. The van der Waals surface area contributed by atoms with Gasteiger partial charge in [0.15, 0.2) is 0 Å². The van der Waals surface area contributed by atoms with Gasteiger partial charge in [0, 0.05) is 23.1 Å². The van der Waals surface area contributed by atoms with E-state index in [4.69, 9.17) is 9.47 Å². The lowest BCUT2D eigenvalue weighted by Crippen LogP contribution is -2.48. The van der Waals surface area contributed by atoms with E-state index in [0.717, 1.165) is 54.3 Å². The minimum atomic E-state index is -0.714. The van der Waals surface area contributed by atoms with Gasteiger partial charge in [0.2, 0.25) is 0 Å². The van der Waals surface area contributed by atoms with E-state index in [2.05, 4.69) is 19.2 Å². The Balaban J connectivity index is 1.91. The summed E-state index contributed by atoms with van der Waals surface area (Å²) < 4.78 is 11.6. The molecule has 2 aromatic rings. The normalized spacial score (nSPS) is 23.0. The van der Waals surface area contributed by atoms with Gasteiger partial charge in [-0.3, -0.25) is 4.79 Å². The SMILES string of the molecule is CCCO[C@]1(C(=O)Nc2ccc(OC)c3ccccc23)CCC[C@H](C)C1. The summed E-state index contributed by atoms with van der Waals surface area (Å²) in [6.45, 7) is 4.90. The first-order chi connectivity index (χ1) is 12.6. The van der Waals surface area contributed by atoms with E-state index >= 15 is 0 Å². The molecule has 4 nitrogen and oxygen atoms in total. The molecule has 2 atom stereocenters. The first-order valence-corrected chi connectivity index (χ1v) is 9.61. The molecule has 0 saturated heterocycles. The molecule has 3 rings (SSSR count). The Labute approximate surface area is 155 Å². The zero-order chi connectivity index (χ0) is 18.6. The molecule has 4 heteroatoms. The Morgan fingerprint density at radius 3 is 2.69 bits per heavy atom. The van der Waals surface area contributed by atoms with Crippen molar-refractivity contribution in [2.45, 2.75) is 51.6 Å². The largest absolute Gasteiger partial charge is 0.496 e. The lowest BCUT2D eigenvalue weighted by Gasteiger charge is -2.38. The molecule has 0 heterocycles. The number of amides is 1. The third-order valence-electron chi connectivity index (χ3n) is 5.30. The fourth-order valence-corrected chi connectivity index (χ4v) is 4.00. The minimum Gasteiger partial charge on any atom is -0.496 e. The molecule has 0 radical (unpaired) electrons. The van der Waals surface area contributed by atoms with Crippen LogP contribution in [0.3, 0.4) is 0 Å². The molecule has 1 aliphatic rings. The van der Waals surface area contributed by atoms with Gasteiger partial charge in [-0.25, -0.2) is 0 Å². The Morgan fingerprint density at radius 1 is 1.23 bits per heavy atom. The van der Waals surface area contributed by atoms with Crippen LogP contribution in [0, 0.1) is 5.92 Å². The number of anilines is 1. The number of ether oxygens (including phenoxy) is 2. The third kappa shape index (κ3) is 3.70. The molecule has 26 heavy (non-hydrogen) atoms. The molecule has 1 saturated carbocycles. The molecule has 0 aromatic heterocycles. The smallest absolute Gasteiger partial charge is 0.256 e. The van der Waals surface area contributed by atoms with E-state index in [1.54, 1.807) is 7.11 Å². The van der Waals surface area contributed by atoms with E-state index in [1.165, 1.54) is 0 Å². The standard InChI is InChI=1S/C22H29NO3/c1-4-14-26-22(13-7-8-16(2)15-22)21(24)23-19-11-12-20(25-3)18-10-6-5-9-17(18)19/h5-6,9-12,16H,4,7-8,13-15H2,1-3H3,(H,23,24)/t16-,22+/m0/s1. The van der Waals surface area contributed by atoms with Crippen LogP contribution in [0.4, 0.5) is 5.69 Å². The predicted molar refractivity (Wildman–Crippen MR) is 106 cm³/mol. The van der Waals surface area contributed by atoms with Crippen LogP contribution >= 0.6 is 0 Å². The molecule has 2 aromatic carbocycles. The van der Waals surface area contributed by atoms with Crippen LogP contribution in [0.15, 0.2) is 36.4 Å². The molecule has 1 fully saturated rings. The van der Waals surface area contributed by atoms with E-state index in [0.29, 0.717) is 12.5 Å². The van der Waals surface area contributed by atoms with Gasteiger partial charge in [-0.2, -0.15) is 0 Å². The fourth-order valence-electron chi connectivity index (χ4n) is 4.00. The lowest BCUT2D eigenvalue weighted by molar-refractivity contribution is -0.148. The summed E-state index contributed by atoms with van der Waals surface area (Å²) in [7, 11) is 1.66. The number of fused-ring (bicyclic) bond motifs is 1. The second-order valence-corrected chi connectivity index (χ2v) is 7.36. The molecule has 1 amide bonds. The molecule has 1 aliphatic carbocycles. The highest BCUT2D eigenvalue weighted by Gasteiger charge is 2.42. The van der Waals surface area contributed by atoms with Crippen molar-refractivity contribution >= 4 is 22.4 Å². The Kier molecular flexibility index (Phi) is 5.82. The summed E-state index contributed by atoms with van der Waals surface area (Å²) in [5, 5.41) is 5.13. The first kappa shape index (κ1) is 18.7. The maximum atomic E-state index is 13.3. The number of benzene rings is 2. The molecule has 1 N–H and O–H groups in total. The number of carbonyl (C=O) groups is 1. The summed E-state index contributed by atoms with van der Waals surface area (Å²) in [4.78, 5) is 13.3. The number of hydrogen-bond acceptors (Lipinski definition) is 3. The van der Waals surface area contributed by atoms with Crippen molar-refractivity contribution in [3.05, 3.63) is 36.4 Å². The van der Waals surface area contributed by atoms with Crippen LogP contribution in [-0.4, -0.2) is 25.2 Å². The van der Waals surface area contributed by atoms with Crippen molar-refractivity contribution in [1.82, 2.24) is 0 Å². The second kappa shape index (κ2) is 8.09. The summed E-state index contributed by atoms with van der Waals surface area (Å²) in [6.07, 6.45) is 4.68. The van der Waals surface area contributed by atoms with Gasteiger partial charge in [-0.1, -0.05) is 44.5 Å². The summed E-state index contributed by atoms with van der Waals surface area (Å²) in [5.74, 6) is 1.29. The van der Waals surface area contributed by atoms with Gasteiger partial charge >= 0.3 is 0 Å². The number of carbonyl (C=O) groups excluding carboxylic acids is 1. The molecule has 140 valence electrons. The number of nitrogens with one attached hydrogen (secondary N) is 1. The maximum Gasteiger partial charge on any atom is 0.256 e. The second-order valence-electron chi connectivity index (χ2n) is 7.36. The number of rotatable bonds is 6. The average molecular weight is 355 g/mol. The first-order valence-electron chi connectivity index (χ1n) is 9.61. The van der Waals surface area contributed by atoms with Gasteiger partial charge in [0.25, 0.3) is 5.91 Å². The summed E-state index contributed by atoms with van der Waals surface area (Å²) in [5.41, 5.74) is 0.0958. The molecule has 0 unspecified atom stereocenters. The lowest BCUT2D eigenvalue weighted by atomic mass is 9.78. The predicted octanol–water partition coefficient (Wildman–Crippen LogP) is 5.16. The monoisotopic (exact) mass is 355 g/mol. The van der Waals surface area contributed by atoms with Crippen molar-refractivity contribution in [3.63, 3.8) is 0 Å². The quantitative estimate of drug-likeness (QED) is 0.778. The third-order valence-corrected chi connectivity index (χ3v) is 5.30. The van der Waals surface area contributed by atoms with Crippen molar-refractivity contribution in [2.75, 3.05) is 19.0 Å². The van der Waals surface area contributed by atoms with E-state index < -0.39 is 5.60 Å². The van der Waals surface area contributed by atoms with Crippen LogP contribution in [0.1, 0.15) is 46.0 Å². The fraction of sp³-hybridized carbons (Fsp3) is 0.500. The molecule has 0 aliphatic heterocycles. The molecule has 0 spiro atoms. The van der Waals surface area contributed by atoms with Crippen molar-refractivity contribution in [2.24, 2.45) is 5.92 Å². The summed E-state index contributed by atoms with van der Waals surface area (Å²) in [6, 6.07) is 11.8. The maximum absolute atomic E-state index is 13.3. The van der Waals surface area contributed by atoms with Gasteiger partial charge in [0.1, 0.15) is 11.4 Å². The Hall–Kier alpha value is -2.07. The van der Waals surface area contributed by atoms with Crippen LogP contribution in [0.5, 0.6) is 5.75 Å². The zero-order valence-corrected chi connectivity index (χ0v) is 16.0. The number of methoxy groups -OCH3 is 1. The van der Waals surface area contributed by atoms with Crippen LogP contribution in [0.25, 0.3) is 10.8 Å². The highest BCUT2D eigenvalue weighted by atomic mass is 16.5. The van der Waals surface area contributed by atoms with Gasteiger partial charge in [-0.05, 0) is 43.7 Å². The molecular formula is C22H29NO3. The van der Waals surface area contributed by atoms with Crippen LogP contribution in [0.2, 0.25) is 0 Å². The van der Waals surface area contributed by atoms with Crippen molar-refractivity contribution < 1.29 is 14.3 Å². The molecule has 0 bridgehead atoms. The topological polar surface area (TPSA) is 47.6 Å². The van der Waals surface area contributed by atoms with Gasteiger partial charge < -0.3 is 14.8 Å². The van der Waals surface area contributed by atoms with E-state index in [-0.39, 0.29) is 5.91 Å². The Bertz CT molecular complexity index is 773. The van der Waals surface area contributed by atoms with Crippen LogP contribution in [-0.2, 0) is 9.53 Å². The molecular weight excluding hydrogens is 326 g/mol.